The van der Waals surface area contributed by atoms with Crippen molar-refractivity contribution in [2.75, 3.05) is 26.2 Å². The van der Waals surface area contributed by atoms with Crippen LogP contribution in [0.2, 0.25) is 0 Å². The van der Waals surface area contributed by atoms with E-state index >= 15 is 0 Å². The lowest BCUT2D eigenvalue weighted by Crippen LogP contribution is -2.53. The monoisotopic (exact) mass is 378 g/mol. The summed E-state index contributed by atoms with van der Waals surface area (Å²) in [5.74, 6) is 0.330. The number of guanidine groups is 1. The van der Waals surface area contributed by atoms with Crippen molar-refractivity contribution in [2.24, 2.45) is 4.99 Å². The first-order chi connectivity index (χ1) is 13.5. The van der Waals surface area contributed by atoms with E-state index in [9.17, 15) is 9.59 Å². The molecule has 0 atom stereocenters. The zero-order valence-electron chi connectivity index (χ0n) is 16.6. The highest BCUT2D eigenvalue weighted by atomic mass is 16.2. The van der Waals surface area contributed by atoms with Crippen LogP contribution in [0.5, 0.6) is 0 Å². The number of hydrogen-bond donors (Lipinski definition) is 1. The molecule has 1 fully saturated rings. The molecule has 28 heavy (non-hydrogen) atoms. The van der Waals surface area contributed by atoms with Gasteiger partial charge in [-0.3, -0.25) is 14.9 Å². The maximum atomic E-state index is 12.9. The van der Waals surface area contributed by atoms with Crippen LogP contribution in [0.1, 0.15) is 27.0 Å². The molecular formula is C22H26N4O2. The summed E-state index contributed by atoms with van der Waals surface area (Å²) in [6.45, 7) is 8.46. The van der Waals surface area contributed by atoms with Gasteiger partial charge in [0.2, 0.25) is 12.4 Å². The van der Waals surface area contributed by atoms with Gasteiger partial charge < -0.3 is 9.80 Å². The van der Waals surface area contributed by atoms with Crippen molar-refractivity contribution in [3.05, 3.63) is 64.7 Å². The molecule has 0 spiro atoms. The van der Waals surface area contributed by atoms with E-state index in [-0.39, 0.29) is 5.91 Å². The summed E-state index contributed by atoms with van der Waals surface area (Å²) in [7, 11) is 0. The Morgan fingerprint density at radius 2 is 1.68 bits per heavy atom. The fourth-order valence-corrected chi connectivity index (χ4v) is 3.08. The Morgan fingerprint density at radius 1 is 0.964 bits per heavy atom. The molecule has 0 bridgehead atoms. The Bertz CT molecular complexity index is 899. The number of para-hydroxylation sites is 1. The minimum atomic E-state index is -0.187. The van der Waals surface area contributed by atoms with E-state index in [1.54, 1.807) is 4.90 Å². The first kappa shape index (κ1) is 19.6. The lowest BCUT2D eigenvalue weighted by Gasteiger charge is -2.34. The molecule has 3 rings (SSSR count). The summed E-state index contributed by atoms with van der Waals surface area (Å²) in [6.07, 6.45) is 0.864. The van der Waals surface area contributed by atoms with E-state index < -0.39 is 0 Å². The van der Waals surface area contributed by atoms with Crippen LogP contribution < -0.4 is 5.32 Å². The maximum absolute atomic E-state index is 12.9. The standard InChI is InChI=1S/C22H26N4O2/c1-16-8-9-19(14-18(16)3)21(28)24-22(23-20-7-5-4-6-17(20)2)26-12-10-25(15-27)11-13-26/h4-9,14-15H,10-13H2,1-3H3,(H,23,24,28). The zero-order chi connectivity index (χ0) is 20.1. The number of benzene rings is 2. The highest BCUT2D eigenvalue weighted by molar-refractivity contribution is 6.06. The van der Waals surface area contributed by atoms with Gasteiger partial charge in [0.1, 0.15) is 0 Å². The Kier molecular flexibility index (Phi) is 6.09. The van der Waals surface area contributed by atoms with E-state index in [1.807, 2.05) is 68.1 Å². The number of nitrogens with zero attached hydrogens (tertiary/aromatic N) is 3. The van der Waals surface area contributed by atoms with E-state index in [1.165, 1.54) is 0 Å². The molecule has 146 valence electrons. The number of hydrogen-bond acceptors (Lipinski definition) is 3. The maximum Gasteiger partial charge on any atom is 0.257 e. The third kappa shape index (κ3) is 4.57. The van der Waals surface area contributed by atoms with Crippen LogP contribution >= 0.6 is 0 Å². The Labute approximate surface area is 165 Å². The van der Waals surface area contributed by atoms with Crippen LogP contribution in [0.15, 0.2) is 47.5 Å². The predicted molar refractivity (Wildman–Crippen MR) is 111 cm³/mol. The number of amides is 2. The smallest absolute Gasteiger partial charge is 0.257 e. The molecule has 1 aliphatic heterocycles. The predicted octanol–water partition coefficient (Wildman–Crippen LogP) is 2.80. The fourth-order valence-electron chi connectivity index (χ4n) is 3.08. The summed E-state index contributed by atoms with van der Waals surface area (Å²) < 4.78 is 0. The van der Waals surface area contributed by atoms with Crippen LogP contribution in [0, 0.1) is 20.8 Å². The van der Waals surface area contributed by atoms with Gasteiger partial charge in [-0.15, -0.1) is 0 Å². The largest absolute Gasteiger partial charge is 0.342 e. The highest BCUT2D eigenvalue weighted by Crippen LogP contribution is 2.18. The summed E-state index contributed by atoms with van der Waals surface area (Å²) in [6, 6.07) is 13.5. The average Bonchev–Trinajstić information content (AvgIpc) is 2.71. The third-order valence-corrected chi connectivity index (χ3v) is 5.10. The van der Waals surface area contributed by atoms with Crippen molar-refractivity contribution in [1.29, 1.82) is 0 Å². The number of nitrogens with one attached hydrogen (secondary N) is 1. The summed E-state index contributed by atoms with van der Waals surface area (Å²) in [4.78, 5) is 32.4. The molecule has 1 N–H and O–H groups in total. The molecule has 0 saturated carbocycles. The topological polar surface area (TPSA) is 65.0 Å². The molecule has 1 heterocycles. The van der Waals surface area contributed by atoms with Crippen molar-refractivity contribution >= 4 is 24.0 Å². The molecule has 2 aromatic carbocycles. The average molecular weight is 378 g/mol. The summed E-state index contributed by atoms with van der Waals surface area (Å²) in [5, 5.41) is 2.99. The molecule has 1 aliphatic rings. The fraction of sp³-hybridized carbons (Fsp3) is 0.318. The molecule has 2 amide bonds. The Hall–Kier alpha value is -3.15. The van der Waals surface area contributed by atoms with Gasteiger partial charge in [0.25, 0.3) is 5.91 Å². The number of carbonyl (C=O) groups excluding carboxylic acids is 2. The number of aryl methyl sites for hydroxylation is 3. The Balaban J connectivity index is 1.87. The first-order valence-electron chi connectivity index (χ1n) is 9.45. The van der Waals surface area contributed by atoms with E-state index in [0.717, 1.165) is 28.8 Å². The van der Waals surface area contributed by atoms with E-state index in [0.29, 0.717) is 37.7 Å². The van der Waals surface area contributed by atoms with Crippen molar-refractivity contribution in [2.45, 2.75) is 20.8 Å². The zero-order valence-corrected chi connectivity index (χ0v) is 16.6. The molecule has 2 aromatic rings. The second kappa shape index (κ2) is 8.69. The molecule has 0 radical (unpaired) electrons. The van der Waals surface area contributed by atoms with Crippen LogP contribution in [-0.4, -0.2) is 54.3 Å². The second-order valence-electron chi connectivity index (χ2n) is 7.10. The van der Waals surface area contributed by atoms with Gasteiger partial charge in [-0.25, -0.2) is 4.99 Å². The molecule has 0 aliphatic carbocycles. The van der Waals surface area contributed by atoms with Crippen molar-refractivity contribution in [3.63, 3.8) is 0 Å². The molecular weight excluding hydrogens is 352 g/mol. The number of piperazine rings is 1. The number of rotatable bonds is 3. The molecule has 6 heteroatoms. The number of aliphatic imine (C=N–C) groups is 1. The van der Waals surface area contributed by atoms with Gasteiger partial charge in [0.05, 0.1) is 5.69 Å². The number of carbonyl (C=O) groups is 2. The second-order valence-corrected chi connectivity index (χ2v) is 7.10. The quantitative estimate of drug-likeness (QED) is 0.507. The van der Waals surface area contributed by atoms with Gasteiger partial charge >= 0.3 is 0 Å². The van der Waals surface area contributed by atoms with Crippen LogP contribution in [0.3, 0.4) is 0 Å². The third-order valence-electron chi connectivity index (χ3n) is 5.10. The van der Waals surface area contributed by atoms with Gasteiger partial charge in [0, 0.05) is 31.7 Å². The lowest BCUT2D eigenvalue weighted by molar-refractivity contribution is -0.119. The van der Waals surface area contributed by atoms with Gasteiger partial charge in [-0.1, -0.05) is 24.3 Å². The molecule has 0 aromatic heterocycles. The lowest BCUT2D eigenvalue weighted by atomic mass is 10.1. The Morgan fingerprint density at radius 3 is 2.32 bits per heavy atom. The normalized spacial score (nSPS) is 14.8. The minimum Gasteiger partial charge on any atom is -0.342 e. The highest BCUT2D eigenvalue weighted by Gasteiger charge is 2.21. The summed E-state index contributed by atoms with van der Waals surface area (Å²) in [5.41, 5.74) is 4.68. The first-order valence-corrected chi connectivity index (χ1v) is 9.45. The van der Waals surface area contributed by atoms with E-state index in [2.05, 4.69) is 5.32 Å². The van der Waals surface area contributed by atoms with Crippen molar-refractivity contribution < 1.29 is 9.59 Å². The van der Waals surface area contributed by atoms with Gasteiger partial charge in [-0.05, 0) is 55.7 Å². The van der Waals surface area contributed by atoms with Crippen LogP contribution in [-0.2, 0) is 4.79 Å². The molecule has 1 saturated heterocycles. The summed E-state index contributed by atoms with van der Waals surface area (Å²) >= 11 is 0. The van der Waals surface area contributed by atoms with Gasteiger partial charge in [-0.2, -0.15) is 0 Å². The van der Waals surface area contributed by atoms with Crippen molar-refractivity contribution in [1.82, 2.24) is 15.1 Å². The SMILES string of the molecule is Cc1ccc(C(=O)NC(=Nc2ccccc2C)N2CCN(C=O)CC2)cc1C. The van der Waals surface area contributed by atoms with Crippen LogP contribution in [0.25, 0.3) is 0 Å². The van der Waals surface area contributed by atoms with Crippen molar-refractivity contribution in [3.8, 4) is 0 Å². The molecule has 6 nitrogen and oxygen atoms in total. The van der Waals surface area contributed by atoms with E-state index in [4.69, 9.17) is 4.99 Å². The van der Waals surface area contributed by atoms with Crippen LogP contribution in [0.4, 0.5) is 5.69 Å². The van der Waals surface area contributed by atoms with Gasteiger partial charge in [0.15, 0.2) is 0 Å². The minimum absolute atomic E-state index is 0.187. The molecule has 0 unspecified atom stereocenters.